The third-order valence-electron chi connectivity index (χ3n) is 3.44. The Morgan fingerprint density at radius 2 is 2.21 bits per heavy atom. The van der Waals surface area contributed by atoms with Crippen LogP contribution >= 0.6 is 11.6 Å². The van der Waals surface area contributed by atoms with Gasteiger partial charge in [-0.3, -0.25) is 10.1 Å². The summed E-state index contributed by atoms with van der Waals surface area (Å²) in [7, 11) is 0. The maximum Gasteiger partial charge on any atom is 0.288 e. The summed E-state index contributed by atoms with van der Waals surface area (Å²) in [5, 5.41) is 14.3. The quantitative estimate of drug-likeness (QED) is 0.667. The summed E-state index contributed by atoms with van der Waals surface area (Å²) < 4.78 is 0. The van der Waals surface area contributed by atoms with E-state index in [9.17, 15) is 10.1 Å². The lowest BCUT2D eigenvalue weighted by Gasteiger charge is -2.40. The maximum absolute atomic E-state index is 10.9. The Morgan fingerprint density at radius 1 is 1.53 bits per heavy atom. The predicted molar refractivity (Wildman–Crippen MR) is 77.1 cm³/mol. The molecule has 0 atom stereocenters. The van der Waals surface area contributed by atoms with Crippen LogP contribution in [0.1, 0.15) is 18.9 Å². The molecular weight excluding hydrogens is 266 g/mol. The largest absolute Gasteiger partial charge is 0.366 e. The number of nitrogens with one attached hydrogen (secondary N) is 1. The Hall–Kier alpha value is -1.33. The van der Waals surface area contributed by atoms with Gasteiger partial charge in [0.05, 0.1) is 11.0 Å². The van der Waals surface area contributed by atoms with Gasteiger partial charge >= 0.3 is 0 Å². The highest BCUT2D eigenvalue weighted by atomic mass is 35.5. The van der Waals surface area contributed by atoms with E-state index >= 15 is 0 Å². The number of halogens is 1. The molecule has 0 bridgehead atoms. The fourth-order valence-corrected chi connectivity index (χ4v) is 2.57. The minimum Gasteiger partial charge on any atom is -0.366 e. The molecule has 6 heteroatoms. The van der Waals surface area contributed by atoms with Gasteiger partial charge in [0.1, 0.15) is 5.02 Å². The Bertz CT molecular complexity index is 489. The molecular formula is C13H18ClN3O2. The lowest BCUT2D eigenvalue weighted by molar-refractivity contribution is -0.384. The van der Waals surface area contributed by atoms with Gasteiger partial charge in [-0.05, 0) is 25.0 Å². The van der Waals surface area contributed by atoms with Gasteiger partial charge in [-0.2, -0.15) is 0 Å². The van der Waals surface area contributed by atoms with Gasteiger partial charge in [-0.1, -0.05) is 18.5 Å². The van der Waals surface area contributed by atoms with Crippen LogP contribution in [-0.4, -0.2) is 30.6 Å². The number of anilines is 1. The molecule has 1 fully saturated rings. The number of aryl methyl sites for hydroxylation is 1. The van der Waals surface area contributed by atoms with Crippen LogP contribution in [0.4, 0.5) is 11.4 Å². The van der Waals surface area contributed by atoms with Gasteiger partial charge < -0.3 is 10.2 Å². The van der Waals surface area contributed by atoms with E-state index in [1.54, 1.807) is 12.1 Å². The molecule has 0 aromatic heterocycles. The first-order chi connectivity index (χ1) is 9.04. The number of hydrogen-bond acceptors (Lipinski definition) is 4. The third kappa shape index (κ3) is 2.82. The number of benzene rings is 1. The van der Waals surface area contributed by atoms with Gasteiger partial charge in [0.2, 0.25) is 0 Å². The van der Waals surface area contributed by atoms with E-state index in [-0.39, 0.29) is 10.7 Å². The number of hydrogen-bond donors (Lipinski definition) is 1. The lowest BCUT2D eigenvalue weighted by Crippen LogP contribution is -2.57. The van der Waals surface area contributed by atoms with E-state index in [0.29, 0.717) is 6.04 Å². The van der Waals surface area contributed by atoms with Crippen LogP contribution in [0.2, 0.25) is 5.02 Å². The Morgan fingerprint density at radius 3 is 2.68 bits per heavy atom. The van der Waals surface area contributed by atoms with Crippen LogP contribution in [0, 0.1) is 17.0 Å². The van der Waals surface area contributed by atoms with Crippen molar-refractivity contribution in [3.05, 3.63) is 32.8 Å². The van der Waals surface area contributed by atoms with Crippen molar-refractivity contribution < 1.29 is 4.92 Å². The summed E-state index contributed by atoms with van der Waals surface area (Å²) >= 11 is 6.02. The van der Waals surface area contributed by atoms with Gasteiger partial charge in [-0.15, -0.1) is 0 Å². The second kappa shape index (κ2) is 5.75. The monoisotopic (exact) mass is 283 g/mol. The maximum atomic E-state index is 10.9. The first-order valence-corrected chi connectivity index (χ1v) is 6.84. The molecule has 1 saturated heterocycles. The van der Waals surface area contributed by atoms with Crippen LogP contribution in [0.5, 0.6) is 0 Å². The molecule has 0 unspecified atom stereocenters. The summed E-state index contributed by atoms with van der Waals surface area (Å²) in [5.74, 6) is 0. The standard InChI is InChI=1S/C13H18ClN3O2/c1-3-4-16(10-7-15-8-10)12-6-11(14)13(17(18)19)5-9(12)2/h5-6,10,15H,3-4,7-8H2,1-2H3. The van der Waals surface area contributed by atoms with Crippen molar-refractivity contribution in [1.29, 1.82) is 0 Å². The zero-order valence-corrected chi connectivity index (χ0v) is 11.9. The van der Waals surface area contributed by atoms with E-state index in [1.807, 2.05) is 6.92 Å². The molecule has 19 heavy (non-hydrogen) atoms. The number of nitro groups is 1. The molecule has 0 amide bonds. The van der Waals surface area contributed by atoms with E-state index in [1.165, 1.54) is 0 Å². The summed E-state index contributed by atoms with van der Waals surface area (Å²) in [4.78, 5) is 12.7. The van der Waals surface area contributed by atoms with Gasteiger partial charge in [-0.25, -0.2) is 0 Å². The molecule has 1 N–H and O–H groups in total. The first-order valence-electron chi connectivity index (χ1n) is 6.46. The fraction of sp³-hybridized carbons (Fsp3) is 0.538. The fourth-order valence-electron chi connectivity index (χ4n) is 2.34. The number of nitro benzene ring substituents is 1. The zero-order valence-electron chi connectivity index (χ0n) is 11.1. The molecule has 0 aliphatic carbocycles. The number of nitrogens with zero attached hydrogens (tertiary/aromatic N) is 2. The van der Waals surface area contributed by atoms with E-state index in [4.69, 9.17) is 11.6 Å². The van der Waals surface area contributed by atoms with Crippen molar-refractivity contribution in [3.63, 3.8) is 0 Å². The van der Waals surface area contributed by atoms with Crippen molar-refractivity contribution in [3.8, 4) is 0 Å². The molecule has 1 heterocycles. The molecule has 0 radical (unpaired) electrons. The third-order valence-corrected chi connectivity index (χ3v) is 3.74. The minimum atomic E-state index is -0.436. The summed E-state index contributed by atoms with van der Waals surface area (Å²) in [6.07, 6.45) is 1.03. The summed E-state index contributed by atoms with van der Waals surface area (Å²) in [6, 6.07) is 3.74. The second-order valence-corrected chi connectivity index (χ2v) is 5.26. The van der Waals surface area contributed by atoms with Gasteiger partial charge in [0, 0.05) is 31.4 Å². The van der Waals surface area contributed by atoms with Crippen LogP contribution in [-0.2, 0) is 0 Å². The highest BCUT2D eigenvalue weighted by molar-refractivity contribution is 6.33. The predicted octanol–water partition coefficient (Wildman–Crippen LogP) is 2.74. The Balaban J connectivity index is 2.36. The highest BCUT2D eigenvalue weighted by Gasteiger charge is 2.27. The van der Waals surface area contributed by atoms with Crippen molar-refractivity contribution in [1.82, 2.24) is 5.32 Å². The molecule has 1 aliphatic heterocycles. The molecule has 5 nitrogen and oxygen atoms in total. The van der Waals surface area contributed by atoms with Crippen LogP contribution in [0.15, 0.2) is 12.1 Å². The molecule has 1 aromatic rings. The van der Waals surface area contributed by atoms with E-state index in [0.717, 1.165) is 37.3 Å². The minimum absolute atomic E-state index is 0.0221. The Labute approximate surface area is 117 Å². The van der Waals surface area contributed by atoms with Gasteiger partial charge in [0.25, 0.3) is 5.69 Å². The summed E-state index contributed by atoms with van der Waals surface area (Å²) in [5.41, 5.74) is 1.88. The molecule has 104 valence electrons. The summed E-state index contributed by atoms with van der Waals surface area (Å²) in [6.45, 7) is 6.86. The highest BCUT2D eigenvalue weighted by Crippen LogP contribution is 2.33. The molecule has 0 saturated carbocycles. The first kappa shape index (κ1) is 14.1. The van der Waals surface area contributed by atoms with Crippen molar-refractivity contribution in [2.75, 3.05) is 24.5 Å². The second-order valence-electron chi connectivity index (χ2n) is 4.85. The Kier molecular flexibility index (Phi) is 4.27. The normalized spacial score (nSPS) is 15.1. The lowest BCUT2D eigenvalue weighted by atomic mass is 10.1. The molecule has 1 aromatic carbocycles. The van der Waals surface area contributed by atoms with Crippen molar-refractivity contribution >= 4 is 23.0 Å². The van der Waals surface area contributed by atoms with Crippen LogP contribution in [0.25, 0.3) is 0 Å². The SMILES string of the molecule is CCCN(c1cc(Cl)c([N+](=O)[O-])cc1C)C1CNC1. The number of rotatable bonds is 5. The molecule has 2 rings (SSSR count). The van der Waals surface area contributed by atoms with Crippen LogP contribution in [0.3, 0.4) is 0 Å². The van der Waals surface area contributed by atoms with Gasteiger partial charge in [0.15, 0.2) is 0 Å². The van der Waals surface area contributed by atoms with E-state index in [2.05, 4.69) is 17.1 Å². The topological polar surface area (TPSA) is 58.4 Å². The zero-order chi connectivity index (χ0) is 14.0. The van der Waals surface area contributed by atoms with Crippen molar-refractivity contribution in [2.24, 2.45) is 0 Å². The van der Waals surface area contributed by atoms with Crippen molar-refractivity contribution in [2.45, 2.75) is 26.3 Å². The molecule has 1 aliphatic rings. The van der Waals surface area contributed by atoms with E-state index < -0.39 is 4.92 Å². The molecule has 0 spiro atoms. The smallest absolute Gasteiger partial charge is 0.288 e. The van der Waals surface area contributed by atoms with Crippen LogP contribution < -0.4 is 10.2 Å². The average Bonchev–Trinajstić information content (AvgIpc) is 2.28. The average molecular weight is 284 g/mol.